The third kappa shape index (κ3) is 4.33. The maximum absolute atomic E-state index is 11.8. The molecular formula is C16H21N3O3. The Morgan fingerprint density at radius 2 is 2.18 bits per heavy atom. The number of carbonyl (C=O) groups excluding carboxylic acids is 1. The number of hydrogen-bond acceptors (Lipinski definition) is 4. The Morgan fingerprint density at radius 1 is 1.36 bits per heavy atom. The first-order valence-corrected chi connectivity index (χ1v) is 7.31. The summed E-state index contributed by atoms with van der Waals surface area (Å²) in [7, 11) is 1.62. The molecule has 1 aromatic heterocycles. The van der Waals surface area contributed by atoms with Crippen molar-refractivity contribution in [2.75, 3.05) is 25.6 Å². The molecule has 1 aromatic carbocycles. The monoisotopic (exact) mass is 303 g/mol. The highest BCUT2D eigenvalue weighted by molar-refractivity contribution is 5.90. The van der Waals surface area contributed by atoms with Crippen LogP contribution in [0.1, 0.15) is 19.8 Å². The number of aromatic nitrogens is 2. The van der Waals surface area contributed by atoms with E-state index in [9.17, 15) is 4.79 Å². The number of rotatable bonds is 8. The van der Waals surface area contributed by atoms with Gasteiger partial charge in [-0.15, -0.1) is 0 Å². The predicted molar refractivity (Wildman–Crippen MR) is 84.9 cm³/mol. The number of H-pyrrole nitrogens is 1. The molecule has 2 rings (SSSR count). The van der Waals surface area contributed by atoms with Gasteiger partial charge in [-0.2, -0.15) is 5.10 Å². The number of amides is 1. The summed E-state index contributed by atoms with van der Waals surface area (Å²) < 4.78 is 10.5. The maximum Gasteiger partial charge on any atom is 0.225 e. The maximum atomic E-state index is 11.8. The fourth-order valence-corrected chi connectivity index (χ4v) is 2.08. The molecule has 0 bridgehead atoms. The number of nitrogens with zero attached hydrogens (tertiary/aromatic N) is 1. The molecule has 6 heteroatoms. The molecule has 0 unspecified atom stereocenters. The highest BCUT2D eigenvalue weighted by Crippen LogP contribution is 2.29. The van der Waals surface area contributed by atoms with E-state index in [-0.39, 0.29) is 5.91 Å². The Bertz CT molecular complexity index is 610. The molecule has 1 amide bonds. The van der Waals surface area contributed by atoms with E-state index < -0.39 is 0 Å². The van der Waals surface area contributed by atoms with Crippen LogP contribution in [0.5, 0.6) is 5.75 Å². The number of ether oxygens (including phenoxy) is 2. The van der Waals surface area contributed by atoms with Crippen LogP contribution in [0.3, 0.4) is 0 Å². The standard InChI is InChI=1S/C16H21N3O3/c1-3-22-10-6-9-16(20)17-15-11-13(18-19-15)12-7-4-5-8-14(12)21-2/h4-5,7-8,11H,3,6,9-10H2,1-2H3,(H2,17,18,19,20). The quantitative estimate of drug-likeness (QED) is 0.735. The van der Waals surface area contributed by atoms with Crippen LogP contribution in [0, 0.1) is 0 Å². The number of para-hydroxylation sites is 1. The fourth-order valence-electron chi connectivity index (χ4n) is 2.08. The van der Waals surface area contributed by atoms with Gasteiger partial charge in [0.2, 0.25) is 5.91 Å². The number of methoxy groups -OCH3 is 1. The average molecular weight is 303 g/mol. The summed E-state index contributed by atoms with van der Waals surface area (Å²) in [6, 6.07) is 9.42. The van der Waals surface area contributed by atoms with Gasteiger partial charge in [0, 0.05) is 31.3 Å². The number of carbonyl (C=O) groups is 1. The van der Waals surface area contributed by atoms with Crippen molar-refractivity contribution in [1.82, 2.24) is 10.2 Å². The highest BCUT2D eigenvalue weighted by Gasteiger charge is 2.10. The van der Waals surface area contributed by atoms with Crippen LogP contribution in [0.25, 0.3) is 11.3 Å². The van der Waals surface area contributed by atoms with E-state index in [2.05, 4.69) is 15.5 Å². The molecule has 0 radical (unpaired) electrons. The van der Waals surface area contributed by atoms with E-state index in [0.29, 0.717) is 31.9 Å². The molecule has 0 saturated heterocycles. The van der Waals surface area contributed by atoms with Crippen molar-refractivity contribution in [2.45, 2.75) is 19.8 Å². The number of benzene rings is 1. The zero-order chi connectivity index (χ0) is 15.8. The zero-order valence-corrected chi connectivity index (χ0v) is 12.9. The lowest BCUT2D eigenvalue weighted by molar-refractivity contribution is -0.116. The lowest BCUT2D eigenvalue weighted by atomic mass is 10.1. The number of anilines is 1. The van der Waals surface area contributed by atoms with Crippen molar-refractivity contribution >= 4 is 11.7 Å². The van der Waals surface area contributed by atoms with Gasteiger partial charge in [-0.05, 0) is 25.5 Å². The van der Waals surface area contributed by atoms with E-state index in [4.69, 9.17) is 9.47 Å². The van der Waals surface area contributed by atoms with Crippen LogP contribution in [-0.4, -0.2) is 36.4 Å². The molecule has 1 heterocycles. The number of aromatic amines is 1. The van der Waals surface area contributed by atoms with Crippen LogP contribution in [0.4, 0.5) is 5.82 Å². The van der Waals surface area contributed by atoms with E-state index in [1.54, 1.807) is 13.2 Å². The Kier molecular flexibility index (Phi) is 5.97. The van der Waals surface area contributed by atoms with Gasteiger partial charge in [-0.1, -0.05) is 12.1 Å². The summed E-state index contributed by atoms with van der Waals surface area (Å²) in [5, 5.41) is 9.79. The minimum Gasteiger partial charge on any atom is -0.496 e. The van der Waals surface area contributed by atoms with E-state index in [0.717, 1.165) is 17.0 Å². The van der Waals surface area contributed by atoms with Crippen molar-refractivity contribution in [3.05, 3.63) is 30.3 Å². The van der Waals surface area contributed by atoms with E-state index in [1.807, 2.05) is 31.2 Å². The van der Waals surface area contributed by atoms with Crippen molar-refractivity contribution in [3.8, 4) is 17.0 Å². The van der Waals surface area contributed by atoms with Gasteiger partial charge in [-0.3, -0.25) is 9.89 Å². The molecular weight excluding hydrogens is 282 g/mol. The van der Waals surface area contributed by atoms with Crippen LogP contribution in [0.2, 0.25) is 0 Å². The second-order valence-electron chi connectivity index (χ2n) is 4.72. The van der Waals surface area contributed by atoms with Gasteiger partial charge < -0.3 is 14.8 Å². The van der Waals surface area contributed by atoms with Gasteiger partial charge in [0.05, 0.1) is 12.8 Å². The topological polar surface area (TPSA) is 76.2 Å². The number of nitrogens with one attached hydrogen (secondary N) is 2. The zero-order valence-electron chi connectivity index (χ0n) is 12.9. The first-order valence-electron chi connectivity index (χ1n) is 7.31. The molecule has 6 nitrogen and oxygen atoms in total. The molecule has 0 aliphatic carbocycles. The van der Waals surface area contributed by atoms with Gasteiger partial charge in [0.1, 0.15) is 5.75 Å². The summed E-state index contributed by atoms with van der Waals surface area (Å²) in [5.41, 5.74) is 1.69. The average Bonchev–Trinajstić information content (AvgIpc) is 2.99. The van der Waals surface area contributed by atoms with E-state index >= 15 is 0 Å². The third-order valence-electron chi connectivity index (χ3n) is 3.14. The molecule has 0 aliphatic heterocycles. The Labute approximate surface area is 129 Å². The SMILES string of the molecule is CCOCCCC(=O)Nc1cc(-c2ccccc2OC)[nH]n1. The minimum atomic E-state index is -0.0715. The van der Waals surface area contributed by atoms with Gasteiger partial charge in [0.15, 0.2) is 5.82 Å². The predicted octanol–water partition coefficient (Wildman–Crippen LogP) is 2.84. The van der Waals surface area contributed by atoms with Gasteiger partial charge in [-0.25, -0.2) is 0 Å². The van der Waals surface area contributed by atoms with Crippen LogP contribution >= 0.6 is 0 Å². The molecule has 118 valence electrons. The van der Waals surface area contributed by atoms with Crippen molar-refractivity contribution < 1.29 is 14.3 Å². The first kappa shape index (κ1) is 16.0. The Hall–Kier alpha value is -2.34. The molecule has 2 aromatic rings. The molecule has 0 saturated carbocycles. The minimum absolute atomic E-state index is 0.0715. The Morgan fingerprint density at radius 3 is 2.95 bits per heavy atom. The van der Waals surface area contributed by atoms with Crippen molar-refractivity contribution in [3.63, 3.8) is 0 Å². The van der Waals surface area contributed by atoms with E-state index in [1.165, 1.54) is 0 Å². The normalized spacial score (nSPS) is 10.5. The molecule has 0 fully saturated rings. The van der Waals surface area contributed by atoms with Crippen LogP contribution in [-0.2, 0) is 9.53 Å². The first-order chi connectivity index (χ1) is 10.7. The van der Waals surface area contributed by atoms with Crippen LogP contribution in [0.15, 0.2) is 30.3 Å². The molecule has 0 aliphatic rings. The summed E-state index contributed by atoms with van der Waals surface area (Å²) in [4.78, 5) is 11.8. The van der Waals surface area contributed by atoms with Gasteiger partial charge in [0.25, 0.3) is 0 Å². The third-order valence-corrected chi connectivity index (χ3v) is 3.14. The largest absolute Gasteiger partial charge is 0.496 e. The summed E-state index contributed by atoms with van der Waals surface area (Å²) >= 11 is 0. The molecule has 2 N–H and O–H groups in total. The molecule has 22 heavy (non-hydrogen) atoms. The van der Waals surface area contributed by atoms with Crippen LogP contribution < -0.4 is 10.1 Å². The van der Waals surface area contributed by atoms with Crippen molar-refractivity contribution in [1.29, 1.82) is 0 Å². The highest BCUT2D eigenvalue weighted by atomic mass is 16.5. The van der Waals surface area contributed by atoms with Crippen molar-refractivity contribution in [2.24, 2.45) is 0 Å². The second-order valence-corrected chi connectivity index (χ2v) is 4.72. The molecule has 0 spiro atoms. The fraction of sp³-hybridized carbons (Fsp3) is 0.375. The second kappa shape index (κ2) is 8.19. The summed E-state index contributed by atoms with van der Waals surface area (Å²) in [6.07, 6.45) is 1.11. The molecule has 0 atom stereocenters. The smallest absolute Gasteiger partial charge is 0.225 e. The summed E-state index contributed by atoms with van der Waals surface area (Å²) in [5.74, 6) is 1.18. The lowest BCUT2D eigenvalue weighted by Crippen LogP contribution is -2.12. The number of hydrogen-bond donors (Lipinski definition) is 2. The summed E-state index contributed by atoms with van der Waals surface area (Å²) in [6.45, 7) is 3.20. The Balaban J connectivity index is 1.95. The lowest BCUT2D eigenvalue weighted by Gasteiger charge is -2.05. The van der Waals surface area contributed by atoms with Gasteiger partial charge >= 0.3 is 0 Å².